The summed E-state index contributed by atoms with van der Waals surface area (Å²) in [6.07, 6.45) is 4.24. The Morgan fingerprint density at radius 2 is 0.820 bits per heavy atom. The van der Waals surface area contributed by atoms with E-state index in [1.165, 1.54) is 33.6 Å². The maximum atomic E-state index is 3.38. The van der Waals surface area contributed by atoms with Crippen molar-refractivity contribution in [3.63, 3.8) is 0 Å². The Balaban J connectivity index is 1.08. The summed E-state index contributed by atoms with van der Waals surface area (Å²) >= 11 is 0. The zero-order chi connectivity index (χ0) is 34.5. The van der Waals surface area contributed by atoms with E-state index < -0.39 is 0 Å². The van der Waals surface area contributed by atoms with Crippen molar-refractivity contribution in [2.75, 3.05) is 9.80 Å². The third-order valence-electron chi connectivity index (χ3n) is 8.77. The zero-order valence-corrected chi connectivity index (χ0v) is 29.1. The fourth-order valence-corrected chi connectivity index (χ4v) is 6.58. The minimum atomic E-state index is 0.987. The summed E-state index contributed by atoms with van der Waals surface area (Å²) in [6.45, 7) is 8.64. The third kappa shape index (κ3) is 7.39. The summed E-state index contributed by atoms with van der Waals surface area (Å²) in [7, 11) is 0. The van der Waals surface area contributed by atoms with Gasteiger partial charge >= 0.3 is 0 Å². The molecule has 0 unspecified atom stereocenters. The summed E-state index contributed by atoms with van der Waals surface area (Å²) < 4.78 is 0. The third-order valence-corrected chi connectivity index (χ3v) is 8.77. The highest BCUT2D eigenvalue weighted by atomic mass is 15.1. The van der Waals surface area contributed by atoms with Gasteiger partial charge in [0.05, 0.1) is 0 Å². The molecule has 242 valence electrons. The van der Waals surface area contributed by atoms with Crippen LogP contribution < -0.4 is 9.80 Å². The number of aryl methyl sites for hydroxylation is 4. The van der Waals surface area contributed by atoms with E-state index >= 15 is 0 Å². The van der Waals surface area contributed by atoms with Crippen LogP contribution in [-0.4, -0.2) is 0 Å². The molecule has 0 N–H and O–H groups in total. The first-order valence-corrected chi connectivity index (χ1v) is 17.1. The van der Waals surface area contributed by atoms with Crippen LogP contribution in [0.3, 0.4) is 0 Å². The van der Waals surface area contributed by atoms with E-state index in [9.17, 15) is 0 Å². The monoisotopic (exact) mass is 644 g/mol. The molecule has 0 aromatic heterocycles. The Morgan fingerprint density at radius 1 is 0.380 bits per heavy atom. The van der Waals surface area contributed by atoms with Gasteiger partial charge in [0, 0.05) is 45.3 Å². The van der Waals surface area contributed by atoms with Crippen LogP contribution >= 0.6 is 0 Å². The summed E-state index contributed by atoms with van der Waals surface area (Å²) in [5.74, 6) is 0. The van der Waals surface area contributed by atoms with Gasteiger partial charge in [-0.05, 0) is 152 Å². The molecule has 0 aliphatic rings. The second-order valence-corrected chi connectivity index (χ2v) is 13.0. The molecule has 0 heterocycles. The molecule has 0 saturated carbocycles. The van der Waals surface area contributed by atoms with Crippen LogP contribution in [0.2, 0.25) is 0 Å². The molecule has 0 atom stereocenters. The van der Waals surface area contributed by atoms with Gasteiger partial charge in [0.25, 0.3) is 0 Å². The van der Waals surface area contributed by atoms with Gasteiger partial charge in [-0.25, -0.2) is 0 Å². The van der Waals surface area contributed by atoms with Crippen molar-refractivity contribution in [2.45, 2.75) is 27.7 Å². The van der Waals surface area contributed by atoms with Crippen LogP contribution in [0, 0.1) is 39.8 Å². The molecule has 0 saturated heterocycles. The number of benzene rings is 6. The largest absolute Gasteiger partial charge is 0.311 e. The van der Waals surface area contributed by atoms with Gasteiger partial charge in [-0.2, -0.15) is 0 Å². The molecular weight excluding hydrogens is 605 g/mol. The van der Waals surface area contributed by atoms with E-state index in [1.807, 2.05) is 12.1 Å². The zero-order valence-electron chi connectivity index (χ0n) is 29.1. The second-order valence-electron chi connectivity index (χ2n) is 13.0. The van der Waals surface area contributed by atoms with Gasteiger partial charge in [0.1, 0.15) is 0 Å². The van der Waals surface area contributed by atoms with Crippen molar-refractivity contribution in [3.8, 4) is 11.1 Å². The lowest BCUT2D eigenvalue weighted by atomic mass is 10.0. The highest BCUT2D eigenvalue weighted by Crippen LogP contribution is 2.37. The quantitative estimate of drug-likeness (QED) is 0.154. The molecule has 0 amide bonds. The van der Waals surface area contributed by atoms with E-state index in [0.717, 1.165) is 45.0 Å². The van der Waals surface area contributed by atoms with Crippen molar-refractivity contribution >= 4 is 46.3 Å². The molecule has 2 nitrogen and oxygen atoms in total. The summed E-state index contributed by atoms with van der Waals surface area (Å²) in [4.78, 5) is 4.62. The fraction of sp³-hybridized carbons (Fsp3) is 0.0833. The van der Waals surface area contributed by atoms with Gasteiger partial charge in [-0.15, -0.1) is 0 Å². The lowest BCUT2D eigenvalue weighted by Crippen LogP contribution is -2.11. The van der Waals surface area contributed by atoms with Crippen LogP contribution in [-0.2, 0) is 0 Å². The van der Waals surface area contributed by atoms with Gasteiger partial charge in [0.2, 0.25) is 0 Å². The molecule has 0 aliphatic heterocycles. The average molecular weight is 645 g/mol. The fourth-order valence-electron chi connectivity index (χ4n) is 6.58. The highest BCUT2D eigenvalue weighted by molar-refractivity contribution is 5.80. The number of hydrogen-bond donors (Lipinski definition) is 0. The number of anilines is 6. The molecule has 0 fully saturated rings. The van der Waals surface area contributed by atoms with Crippen LogP contribution in [0.25, 0.3) is 23.3 Å². The predicted molar refractivity (Wildman–Crippen MR) is 213 cm³/mol. The predicted octanol–water partition coefficient (Wildman–Crippen LogP) is 13.3. The number of para-hydroxylation sites is 2. The first kappa shape index (κ1) is 32.3. The number of rotatable bonds is 9. The minimum absolute atomic E-state index is 0.987. The Labute approximate surface area is 297 Å². The first-order chi connectivity index (χ1) is 24.4. The molecule has 0 radical (unpaired) electrons. The molecule has 0 spiro atoms. The average Bonchev–Trinajstić information content (AvgIpc) is 3.12. The van der Waals surface area contributed by atoms with E-state index in [-0.39, 0.29) is 0 Å². The van der Waals surface area contributed by atoms with Gasteiger partial charge in [-0.3, -0.25) is 0 Å². The van der Waals surface area contributed by atoms with E-state index in [2.05, 4.69) is 207 Å². The minimum Gasteiger partial charge on any atom is -0.311 e. The van der Waals surface area contributed by atoms with Crippen LogP contribution in [0.15, 0.2) is 158 Å². The van der Waals surface area contributed by atoms with E-state index in [0.29, 0.717) is 0 Å². The van der Waals surface area contributed by atoms with Crippen molar-refractivity contribution < 1.29 is 0 Å². The van der Waals surface area contributed by atoms with Gasteiger partial charge in [-0.1, -0.05) is 91.0 Å². The highest BCUT2D eigenvalue weighted by Gasteiger charge is 2.15. The van der Waals surface area contributed by atoms with E-state index in [4.69, 9.17) is 0 Å². The standard InChI is InChI=1S/C48H40N2/c1-35-29-36(2)32-47(31-35)50(48-33-37(3)30-38(4)34-48)45-25-19-40(20-26-45)16-15-39-17-21-41(22-18-39)42-23-27-46(28-24-42)49(43-11-7-5-8-12-43)44-13-9-6-10-14-44/h5-17,19-21,23-34H,1-4H3. The molecule has 7 aromatic rings. The Bertz CT molecular complexity index is 2080. The molecule has 7 rings (SSSR count). The number of nitrogens with zero attached hydrogens (tertiary/aromatic N) is 2. The Kier molecular flexibility index (Phi) is 9.32. The van der Waals surface area contributed by atoms with Crippen LogP contribution in [0.1, 0.15) is 33.4 Å². The van der Waals surface area contributed by atoms with Crippen LogP contribution in [0.4, 0.5) is 34.1 Å². The van der Waals surface area contributed by atoms with Gasteiger partial charge < -0.3 is 9.80 Å². The molecule has 50 heavy (non-hydrogen) atoms. The first-order valence-electron chi connectivity index (χ1n) is 17.1. The van der Waals surface area contributed by atoms with Crippen LogP contribution in [0.5, 0.6) is 0 Å². The maximum absolute atomic E-state index is 3.38. The second kappa shape index (κ2) is 14.4. The van der Waals surface area contributed by atoms with Crippen molar-refractivity contribution in [2.24, 2.45) is 0 Å². The Morgan fingerprint density at radius 3 is 1.28 bits per heavy atom. The van der Waals surface area contributed by atoms with Gasteiger partial charge in [0.15, 0.2) is 0 Å². The lowest BCUT2D eigenvalue weighted by Gasteiger charge is -2.27. The summed E-state index contributed by atoms with van der Waals surface area (Å²) in [6, 6.07) is 62.8. The maximum Gasteiger partial charge on any atom is 0.0466 e. The molecular formula is C48H40N2. The smallest absolute Gasteiger partial charge is 0.0466 e. The summed E-state index contributed by atoms with van der Waals surface area (Å²) in [5.41, 5.74) is 16.1. The molecule has 0 aliphatic carbocycles. The normalized spacial score (nSPS) is 11.0. The molecule has 2 heteroatoms. The SMILES string of the molecule is Cc1cc(C)cc(N(c2ccc(C=Cc3c#cc(-c4ccc(N(c5ccccc5)c5ccccc5)cc4)cc3)cc2)c2cc(C)cc(C)c2)c1. The molecule has 7 aromatic carbocycles. The lowest BCUT2D eigenvalue weighted by molar-refractivity contribution is 1.23. The molecule has 0 bridgehead atoms. The number of hydrogen-bond acceptors (Lipinski definition) is 2. The van der Waals surface area contributed by atoms with E-state index in [1.54, 1.807) is 0 Å². The van der Waals surface area contributed by atoms with Crippen molar-refractivity contribution in [1.29, 1.82) is 0 Å². The summed E-state index contributed by atoms with van der Waals surface area (Å²) in [5, 5.41) is 0. The van der Waals surface area contributed by atoms with Crippen molar-refractivity contribution in [1.82, 2.24) is 0 Å². The topological polar surface area (TPSA) is 6.48 Å². The Hall–Kier alpha value is -6.30. The van der Waals surface area contributed by atoms with Crippen molar-refractivity contribution in [3.05, 3.63) is 203 Å².